The molecule has 2 aromatic carbocycles. The Morgan fingerprint density at radius 2 is 1.66 bits per heavy atom. The van der Waals surface area contributed by atoms with E-state index in [1.165, 1.54) is 35.7 Å². The number of nitrogens with zero attached hydrogens (tertiary/aromatic N) is 1. The van der Waals surface area contributed by atoms with Crippen molar-refractivity contribution >= 4 is 33.4 Å². The molecule has 0 saturated carbocycles. The summed E-state index contributed by atoms with van der Waals surface area (Å²) >= 11 is 0. The van der Waals surface area contributed by atoms with Gasteiger partial charge in [-0.05, 0) is 68.3 Å². The Hall–Kier alpha value is -3.11. The van der Waals surface area contributed by atoms with Crippen LogP contribution in [-0.2, 0) is 19.6 Å². The van der Waals surface area contributed by atoms with Gasteiger partial charge < -0.3 is 14.8 Å². The monoisotopic (exact) mass is 461 g/mol. The molecule has 1 saturated heterocycles. The predicted octanol–water partition coefficient (Wildman–Crippen LogP) is 3.30. The van der Waals surface area contributed by atoms with Crippen LogP contribution in [0.1, 0.15) is 19.8 Å². The number of sulfonamides is 1. The summed E-state index contributed by atoms with van der Waals surface area (Å²) in [7, 11) is -2.53. The lowest BCUT2D eigenvalue weighted by Crippen LogP contribution is -2.43. The number of piperidine rings is 1. The van der Waals surface area contributed by atoms with Crippen molar-refractivity contribution < 1.29 is 27.5 Å². The average molecular weight is 462 g/mol. The smallest absolute Gasteiger partial charge is 0.411 e. The molecule has 2 amide bonds. The highest BCUT2D eigenvalue weighted by Gasteiger charge is 2.33. The minimum atomic E-state index is -3.77. The standard InChI is InChI=1S/C22H27N3O6S/c1-3-31-19-10-6-17(7-11-19)23-21(26)16-5-4-14-25(15-16)32(28,29)20-12-8-18(9-13-20)24-22(27)30-2/h6-13,16H,3-5,14-15H2,1-2H3,(H,23,26)(H,24,27). The second kappa shape index (κ2) is 10.5. The van der Waals surface area contributed by atoms with Crippen LogP contribution in [0.2, 0.25) is 0 Å². The number of carbonyl (C=O) groups excluding carboxylic acids is 2. The Labute approximate surface area is 187 Å². The fourth-order valence-electron chi connectivity index (χ4n) is 3.45. The molecule has 1 fully saturated rings. The van der Waals surface area contributed by atoms with Gasteiger partial charge in [0.25, 0.3) is 0 Å². The number of rotatable bonds is 7. The van der Waals surface area contributed by atoms with E-state index in [1.807, 2.05) is 6.92 Å². The van der Waals surface area contributed by atoms with Crippen LogP contribution in [0.4, 0.5) is 16.2 Å². The third-order valence-electron chi connectivity index (χ3n) is 5.11. The van der Waals surface area contributed by atoms with Crippen molar-refractivity contribution in [2.45, 2.75) is 24.7 Å². The van der Waals surface area contributed by atoms with Crippen LogP contribution in [0.15, 0.2) is 53.4 Å². The van der Waals surface area contributed by atoms with Gasteiger partial charge in [-0.25, -0.2) is 13.2 Å². The Kier molecular flexibility index (Phi) is 7.70. The number of carbonyl (C=O) groups is 2. The molecule has 172 valence electrons. The molecule has 0 bridgehead atoms. The van der Waals surface area contributed by atoms with Crippen molar-refractivity contribution in [3.8, 4) is 5.75 Å². The molecule has 3 rings (SSSR count). The first kappa shape index (κ1) is 23.6. The summed E-state index contributed by atoms with van der Waals surface area (Å²) in [5.41, 5.74) is 1.05. The molecule has 10 heteroatoms. The minimum Gasteiger partial charge on any atom is -0.494 e. The molecule has 1 atom stereocenters. The van der Waals surface area contributed by atoms with Crippen molar-refractivity contribution in [3.63, 3.8) is 0 Å². The molecule has 1 aliphatic rings. The van der Waals surface area contributed by atoms with E-state index in [0.29, 0.717) is 43.1 Å². The molecular weight excluding hydrogens is 434 g/mol. The molecule has 32 heavy (non-hydrogen) atoms. The minimum absolute atomic E-state index is 0.0977. The van der Waals surface area contributed by atoms with Gasteiger partial charge in [0.1, 0.15) is 5.75 Å². The van der Waals surface area contributed by atoms with Gasteiger partial charge in [-0.1, -0.05) is 0 Å². The largest absolute Gasteiger partial charge is 0.494 e. The predicted molar refractivity (Wildman–Crippen MR) is 120 cm³/mol. The maximum Gasteiger partial charge on any atom is 0.411 e. The number of methoxy groups -OCH3 is 1. The SMILES string of the molecule is CCOc1ccc(NC(=O)C2CCCN(S(=O)(=O)c3ccc(NC(=O)OC)cc3)C2)cc1. The van der Waals surface area contributed by atoms with Crippen molar-refractivity contribution in [3.05, 3.63) is 48.5 Å². The number of hydrogen-bond acceptors (Lipinski definition) is 6. The Morgan fingerprint density at radius 1 is 1.03 bits per heavy atom. The zero-order valence-electron chi connectivity index (χ0n) is 18.0. The first-order valence-corrected chi connectivity index (χ1v) is 11.8. The van der Waals surface area contributed by atoms with Crippen LogP contribution in [0.5, 0.6) is 5.75 Å². The highest BCUT2D eigenvalue weighted by atomic mass is 32.2. The summed E-state index contributed by atoms with van der Waals surface area (Å²) in [6, 6.07) is 12.9. The highest BCUT2D eigenvalue weighted by Crippen LogP contribution is 2.26. The van der Waals surface area contributed by atoms with E-state index in [9.17, 15) is 18.0 Å². The number of ether oxygens (including phenoxy) is 2. The molecule has 2 aromatic rings. The van der Waals surface area contributed by atoms with E-state index in [-0.39, 0.29) is 17.3 Å². The lowest BCUT2D eigenvalue weighted by Gasteiger charge is -2.31. The quantitative estimate of drug-likeness (QED) is 0.654. The van der Waals surface area contributed by atoms with Crippen molar-refractivity contribution in [2.75, 3.05) is 37.4 Å². The number of amides is 2. The maximum atomic E-state index is 13.1. The van der Waals surface area contributed by atoms with Crippen LogP contribution in [0, 0.1) is 5.92 Å². The fraction of sp³-hybridized carbons (Fsp3) is 0.364. The van der Waals surface area contributed by atoms with Gasteiger partial charge in [-0.3, -0.25) is 10.1 Å². The van der Waals surface area contributed by atoms with Crippen LogP contribution in [-0.4, -0.2) is 51.5 Å². The summed E-state index contributed by atoms with van der Waals surface area (Å²) < 4.78 is 37.4. The molecular formula is C22H27N3O6S. The van der Waals surface area contributed by atoms with Gasteiger partial charge >= 0.3 is 6.09 Å². The molecule has 0 aromatic heterocycles. The molecule has 1 heterocycles. The molecule has 0 radical (unpaired) electrons. The lowest BCUT2D eigenvalue weighted by molar-refractivity contribution is -0.120. The highest BCUT2D eigenvalue weighted by molar-refractivity contribution is 7.89. The Balaban J connectivity index is 1.65. The van der Waals surface area contributed by atoms with Crippen molar-refractivity contribution in [2.24, 2.45) is 5.92 Å². The fourth-order valence-corrected chi connectivity index (χ4v) is 4.97. The van der Waals surface area contributed by atoms with Gasteiger partial charge in [-0.2, -0.15) is 4.31 Å². The summed E-state index contributed by atoms with van der Waals surface area (Å²) in [4.78, 5) is 24.1. The van der Waals surface area contributed by atoms with Gasteiger partial charge in [0, 0.05) is 24.5 Å². The van der Waals surface area contributed by atoms with E-state index in [0.717, 1.165) is 0 Å². The van der Waals surface area contributed by atoms with Crippen molar-refractivity contribution in [1.82, 2.24) is 4.31 Å². The topological polar surface area (TPSA) is 114 Å². The van der Waals surface area contributed by atoms with Crippen LogP contribution >= 0.6 is 0 Å². The first-order chi connectivity index (χ1) is 15.3. The zero-order chi connectivity index (χ0) is 23.1. The maximum absolute atomic E-state index is 13.1. The third-order valence-corrected chi connectivity index (χ3v) is 6.99. The Morgan fingerprint density at radius 3 is 2.28 bits per heavy atom. The summed E-state index contributed by atoms with van der Waals surface area (Å²) in [5.74, 6) is 0.0466. The van der Waals surface area contributed by atoms with E-state index in [4.69, 9.17) is 4.74 Å². The molecule has 0 aliphatic carbocycles. The third kappa shape index (κ3) is 5.77. The van der Waals surface area contributed by atoms with E-state index >= 15 is 0 Å². The zero-order valence-corrected chi connectivity index (χ0v) is 18.9. The summed E-state index contributed by atoms with van der Waals surface area (Å²) in [5, 5.41) is 5.33. The van der Waals surface area contributed by atoms with Gasteiger partial charge in [-0.15, -0.1) is 0 Å². The molecule has 2 N–H and O–H groups in total. The second-order valence-electron chi connectivity index (χ2n) is 7.29. The number of hydrogen-bond donors (Lipinski definition) is 2. The van der Waals surface area contributed by atoms with Gasteiger partial charge in [0.05, 0.1) is 24.5 Å². The lowest BCUT2D eigenvalue weighted by atomic mass is 9.99. The van der Waals surface area contributed by atoms with Crippen LogP contribution in [0.3, 0.4) is 0 Å². The van der Waals surface area contributed by atoms with Crippen LogP contribution in [0.25, 0.3) is 0 Å². The van der Waals surface area contributed by atoms with E-state index in [1.54, 1.807) is 24.3 Å². The van der Waals surface area contributed by atoms with E-state index < -0.39 is 22.0 Å². The van der Waals surface area contributed by atoms with E-state index in [2.05, 4.69) is 15.4 Å². The van der Waals surface area contributed by atoms with Crippen LogP contribution < -0.4 is 15.4 Å². The molecule has 9 nitrogen and oxygen atoms in total. The molecule has 1 aliphatic heterocycles. The normalized spacial score (nSPS) is 16.8. The summed E-state index contributed by atoms with van der Waals surface area (Å²) in [6.45, 7) is 2.90. The summed E-state index contributed by atoms with van der Waals surface area (Å²) in [6.07, 6.45) is 0.553. The Bertz CT molecular complexity index is 1040. The molecule has 1 unspecified atom stereocenters. The first-order valence-electron chi connectivity index (χ1n) is 10.3. The number of anilines is 2. The van der Waals surface area contributed by atoms with Crippen molar-refractivity contribution in [1.29, 1.82) is 0 Å². The molecule has 0 spiro atoms. The van der Waals surface area contributed by atoms with Gasteiger partial charge in [0.2, 0.25) is 15.9 Å². The number of nitrogens with one attached hydrogen (secondary N) is 2. The van der Waals surface area contributed by atoms with Gasteiger partial charge in [0.15, 0.2) is 0 Å². The number of benzene rings is 2. The second-order valence-corrected chi connectivity index (χ2v) is 9.23. The average Bonchev–Trinajstić information content (AvgIpc) is 2.81.